The molecule has 0 saturated carbocycles. The summed E-state index contributed by atoms with van der Waals surface area (Å²) >= 11 is 0. The predicted molar refractivity (Wildman–Crippen MR) is 113 cm³/mol. The number of fused-ring (bicyclic) bond motifs is 1. The standard InChI is InChI=1S/C23H20N4O2/c24-21-19-13-17(8-11-20(19)26-23(25)27-21)14-29-22(28)18-9-6-16(7-10-18)12-15-4-2-1-3-5-15/h1-11,13H,12,14H2,(H4,24,25,26,27). The SMILES string of the molecule is Nc1nc(N)c2cc(COC(=O)c3ccc(Cc4ccccc4)cc3)ccc2n1. The van der Waals surface area contributed by atoms with Gasteiger partial charge in [-0.3, -0.25) is 0 Å². The van der Waals surface area contributed by atoms with Crippen molar-refractivity contribution in [2.75, 3.05) is 11.5 Å². The molecule has 1 heterocycles. The van der Waals surface area contributed by atoms with E-state index >= 15 is 0 Å². The van der Waals surface area contributed by atoms with Crippen LogP contribution in [0.3, 0.4) is 0 Å². The van der Waals surface area contributed by atoms with Gasteiger partial charge in [-0.15, -0.1) is 0 Å². The van der Waals surface area contributed by atoms with Gasteiger partial charge in [0.05, 0.1) is 11.1 Å². The first-order chi connectivity index (χ1) is 14.1. The second-order valence-electron chi connectivity index (χ2n) is 6.75. The Morgan fingerprint density at radius 3 is 2.28 bits per heavy atom. The fourth-order valence-corrected chi connectivity index (χ4v) is 3.13. The Morgan fingerprint density at radius 2 is 1.52 bits per heavy atom. The van der Waals surface area contributed by atoms with Crippen LogP contribution in [0, 0.1) is 0 Å². The van der Waals surface area contributed by atoms with Crippen molar-refractivity contribution in [3.63, 3.8) is 0 Å². The van der Waals surface area contributed by atoms with Crippen molar-refractivity contribution >= 4 is 28.6 Å². The minimum absolute atomic E-state index is 0.129. The van der Waals surface area contributed by atoms with E-state index in [1.54, 1.807) is 24.3 Å². The number of nitrogens with zero attached hydrogens (tertiary/aromatic N) is 2. The quantitative estimate of drug-likeness (QED) is 0.508. The van der Waals surface area contributed by atoms with Crippen LogP contribution >= 0.6 is 0 Å². The van der Waals surface area contributed by atoms with Crippen molar-refractivity contribution in [1.82, 2.24) is 9.97 Å². The van der Waals surface area contributed by atoms with Crippen LogP contribution in [0.4, 0.5) is 11.8 Å². The van der Waals surface area contributed by atoms with Crippen LogP contribution in [0.5, 0.6) is 0 Å². The monoisotopic (exact) mass is 384 g/mol. The molecule has 4 aromatic rings. The average Bonchev–Trinajstić information content (AvgIpc) is 2.73. The molecule has 0 spiro atoms. The average molecular weight is 384 g/mol. The molecule has 29 heavy (non-hydrogen) atoms. The van der Waals surface area contributed by atoms with Crippen LogP contribution in [0.2, 0.25) is 0 Å². The van der Waals surface area contributed by atoms with Gasteiger partial charge in [-0.1, -0.05) is 48.5 Å². The van der Waals surface area contributed by atoms with E-state index in [0.717, 1.165) is 17.5 Å². The first-order valence-corrected chi connectivity index (χ1v) is 9.20. The molecular weight excluding hydrogens is 364 g/mol. The van der Waals surface area contributed by atoms with Crippen LogP contribution < -0.4 is 11.5 Å². The molecule has 1 aromatic heterocycles. The lowest BCUT2D eigenvalue weighted by molar-refractivity contribution is 0.0473. The molecule has 0 atom stereocenters. The van der Waals surface area contributed by atoms with Gasteiger partial charge in [0.1, 0.15) is 12.4 Å². The lowest BCUT2D eigenvalue weighted by atomic mass is 10.0. The largest absolute Gasteiger partial charge is 0.457 e. The molecule has 4 rings (SSSR count). The second kappa shape index (κ2) is 7.98. The topological polar surface area (TPSA) is 104 Å². The Balaban J connectivity index is 1.41. The van der Waals surface area contributed by atoms with Crippen molar-refractivity contribution in [2.24, 2.45) is 0 Å². The number of hydrogen-bond acceptors (Lipinski definition) is 6. The molecular formula is C23H20N4O2. The summed E-state index contributed by atoms with van der Waals surface area (Å²) in [7, 11) is 0. The van der Waals surface area contributed by atoms with Gasteiger partial charge in [-0.05, 0) is 47.4 Å². The van der Waals surface area contributed by atoms with Crippen molar-refractivity contribution in [2.45, 2.75) is 13.0 Å². The Kier molecular flexibility index (Phi) is 5.07. The zero-order valence-corrected chi connectivity index (χ0v) is 15.7. The van der Waals surface area contributed by atoms with E-state index in [1.165, 1.54) is 5.56 Å². The zero-order chi connectivity index (χ0) is 20.2. The fraction of sp³-hybridized carbons (Fsp3) is 0.0870. The number of aromatic nitrogens is 2. The molecule has 3 aromatic carbocycles. The lowest BCUT2D eigenvalue weighted by Crippen LogP contribution is -2.06. The maximum Gasteiger partial charge on any atom is 0.338 e. The minimum atomic E-state index is -0.377. The summed E-state index contributed by atoms with van der Waals surface area (Å²) in [5.41, 5.74) is 15.8. The summed E-state index contributed by atoms with van der Waals surface area (Å²) in [6, 6.07) is 23.1. The van der Waals surface area contributed by atoms with E-state index in [9.17, 15) is 4.79 Å². The van der Waals surface area contributed by atoms with E-state index in [1.807, 2.05) is 36.4 Å². The van der Waals surface area contributed by atoms with E-state index < -0.39 is 0 Å². The van der Waals surface area contributed by atoms with Crippen molar-refractivity contribution in [3.05, 3.63) is 95.1 Å². The normalized spacial score (nSPS) is 10.8. The molecule has 0 aliphatic carbocycles. The number of benzene rings is 3. The number of carbonyl (C=O) groups excluding carboxylic acids is 1. The number of carbonyl (C=O) groups is 1. The molecule has 4 N–H and O–H groups in total. The molecule has 6 nitrogen and oxygen atoms in total. The van der Waals surface area contributed by atoms with Gasteiger partial charge in [0.15, 0.2) is 0 Å². The Hall–Kier alpha value is -3.93. The third-order valence-corrected chi connectivity index (χ3v) is 4.62. The number of rotatable bonds is 5. The van der Waals surface area contributed by atoms with E-state index in [2.05, 4.69) is 22.1 Å². The first kappa shape index (κ1) is 18.4. The smallest absolute Gasteiger partial charge is 0.338 e. The van der Waals surface area contributed by atoms with Gasteiger partial charge in [0.25, 0.3) is 0 Å². The van der Waals surface area contributed by atoms with Crippen LogP contribution in [0.25, 0.3) is 10.9 Å². The van der Waals surface area contributed by atoms with E-state index in [0.29, 0.717) is 22.3 Å². The molecule has 0 aliphatic heterocycles. The minimum Gasteiger partial charge on any atom is -0.457 e. The third kappa shape index (κ3) is 4.32. The molecule has 0 radical (unpaired) electrons. The van der Waals surface area contributed by atoms with E-state index in [-0.39, 0.29) is 18.5 Å². The number of ether oxygens (including phenoxy) is 1. The van der Waals surface area contributed by atoms with Gasteiger partial charge in [0.2, 0.25) is 5.95 Å². The molecule has 0 unspecified atom stereocenters. The first-order valence-electron chi connectivity index (χ1n) is 9.20. The van der Waals surface area contributed by atoms with Crippen LogP contribution in [0.1, 0.15) is 27.0 Å². The number of hydrogen-bond donors (Lipinski definition) is 2. The highest BCUT2D eigenvalue weighted by molar-refractivity contribution is 5.90. The second-order valence-corrected chi connectivity index (χ2v) is 6.75. The zero-order valence-electron chi connectivity index (χ0n) is 15.7. The van der Waals surface area contributed by atoms with Gasteiger partial charge in [-0.25, -0.2) is 9.78 Å². The summed E-state index contributed by atoms with van der Waals surface area (Å²) in [5.74, 6) is 0.0532. The predicted octanol–water partition coefficient (Wildman–Crippen LogP) is 3.74. The lowest BCUT2D eigenvalue weighted by Gasteiger charge is -2.08. The van der Waals surface area contributed by atoms with Gasteiger partial charge in [0, 0.05) is 5.39 Å². The maximum absolute atomic E-state index is 12.4. The van der Waals surface area contributed by atoms with Crippen LogP contribution in [-0.2, 0) is 17.8 Å². The summed E-state index contributed by atoms with van der Waals surface area (Å²) in [6.45, 7) is 0.129. The maximum atomic E-state index is 12.4. The van der Waals surface area contributed by atoms with E-state index in [4.69, 9.17) is 16.2 Å². The highest BCUT2D eigenvalue weighted by Gasteiger charge is 2.09. The summed E-state index contributed by atoms with van der Waals surface area (Å²) in [6.07, 6.45) is 0.821. The molecule has 0 amide bonds. The van der Waals surface area contributed by atoms with Crippen LogP contribution in [-0.4, -0.2) is 15.9 Å². The number of nitrogen functional groups attached to an aromatic ring is 2. The molecule has 144 valence electrons. The van der Waals surface area contributed by atoms with Crippen LogP contribution in [0.15, 0.2) is 72.8 Å². The fourth-order valence-electron chi connectivity index (χ4n) is 3.13. The van der Waals surface area contributed by atoms with Crippen molar-refractivity contribution < 1.29 is 9.53 Å². The molecule has 0 saturated heterocycles. The molecule has 0 aliphatic rings. The Bertz CT molecular complexity index is 1160. The molecule has 6 heteroatoms. The third-order valence-electron chi connectivity index (χ3n) is 4.62. The Morgan fingerprint density at radius 1 is 0.828 bits per heavy atom. The number of nitrogens with two attached hydrogens (primary N) is 2. The van der Waals surface area contributed by atoms with Gasteiger partial charge < -0.3 is 16.2 Å². The summed E-state index contributed by atoms with van der Waals surface area (Å²) in [4.78, 5) is 20.5. The highest BCUT2D eigenvalue weighted by Crippen LogP contribution is 2.21. The molecule has 0 bridgehead atoms. The summed E-state index contributed by atoms with van der Waals surface area (Å²) in [5, 5.41) is 0.679. The molecule has 0 fully saturated rings. The number of anilines is 2. The Labute approximate surface area is 168 Å². The highest BCUT2D eigenvalue weighted by atomic mass is 16.5. The van der Waals surface area contributed by atoms with Gasteiger partial charge >= 0.3 is 5.97 Å². The van der Waals surface area contributed by atoms with Crippen molar-refractivity contribution in [3.8, 4) is 0 Å². The van der Waals surface area contributed by atoms with Crippen molar-refractivity contribution in [1.29, 1.82) is 0 Å². The van der Waals surface area contributed by atoms with Gasteiger partial charge in [-0.2, -0.15) is 4.98 Å². The number of esters is 1. The summed E-state index contributed by atoms with van der Waals surface area (Å²) < 4.78 is 5.44.